The fourth-order valence-electron chi connectivity index (χ4n) is 3.81. The average Bonchev–Trinajstić information content (AvgIpc) is 3.51. The molecule has 8 heteroatoms. The molecule has 8 nitrogen and oxygen atoms in total. The summed E-state index contributed by atoms with van der Waals surface area (Å²) in [6.07, 6.45) is 0.486. The SMILES string of the molecule is O=C(CNC(=O)OCC1c2ccccc2-c2ccccc21)NCOCC1(C(=O)O)CC1. The number of carbonyl (C=O) groups is 3. The van der Waals surface area contributed by atoms with Gasteiger partial charge in [-0.05, 0) is 35.1 Å². The number of carbonyl (C=O) groups excluding carboxylic acids is 2. The number of fused-ring (bicyclic) bond motifs is 3. The van der Waals surface area contributed by atoms with Crippen LogP contribution in [0, 0.1) is 5.41 Å². The highest BCUT2D eigenvalue weighted by atomic mass is 16.5. The number of hydrogen-bond acceptors (Lipinski definition) is 5. The van der Waals surface area contributed by atoms with Gasteiger partial charge < -0.3 is 25.2 Å². The molecule has 0 spiro atoms. The minimum Gasteiger partial charge on any atom is -0.481 e. The third-order valence-corrected chi connectivity index (χ3v) is 5.79. The Balaban J connectivity index is 1.19. The Morgan fingerprint density at radius 1 is 0.968 bits per heavy atom. The van der Waals surface area contributed by atoms with Crippen LogP contribution in [0.15, 0.2) is 48.5 Å². The van der Waals surface area contributed by atoms with E-state index in [1.807, 2.05) is 36.4 Å². The molecule has 1 fully saturated rings. The molecule has 0 atom stereocenters. The molecule has 0 aromatic heterocycles. The zero-order chi connectivity index (χ0) is 21.8. The number of ether oxygens (including phenoxy) is 2. The molecule has 1 saturated carbocycles. The van der Waals surface area contributed by atoms with E-state index in [2.05, 4.69) is 22.8 Å². The molecule has 4 rings (SSSR count). The monoisotopic (exact) mass is 424 g/mol. The minimum atomic E-state index is -0.879. The summed E-state index contributed by atoms with van der Waals surface area (Å²) in [5.74, 6) is -1.38. The van der Waals surface area contributed by atoms with E-state index < -0.39 is 23.4 Å². The van der Waals surface area contributed by atoms with Gasteiger partial charge in [0.1, 0.15) is 19.9 Å². The lowest BCUT2D eigenvalue weighted by molar-refractivity contribution is -0.146. The van der Waals surface area contributed by atoms with Gasteiger partial charge in [0, 0.05) is 5.92 Å². The third kappa shape index (κ3) is 4.54. The second kappa shape index (κ2) is 8.77. The summed E-state index contributed by atoms with van der Waals surface area (Å²) in [7, 11) is 0. The first kappa shape index (κ1) is 20.9. The molecule has 2 aromatic rings. The molecule has 0 heterocycles. The van der Waals surface area contributed by atoms with Crippen LogP contribution in [0.3, 0.4) is 0 Å². The first-order valence-corrected chi connectivity index (χ1v) is 10.2. The number of nitrogens with one attached hydrogen (secondary N) is 2. The van der Waals surface area contributed by atoms with Gasteiger partial charge in [-0.2, -0.15) is 0 Å². The summed E-state index contributed by atoms with van der Waals surface area (Å²) in [6, 6.07) is 16.1. The molecule has 162 valence electrons. The summed E-state index contributed by atoms with van der Waals surface area (Å²) in [6.45, 7) is -0.144. The number of aliphatic carboxylic acids is 1. The number of amides is 2. The first-order valence-electron chi connectivity index (χ1n) is 10.2. The number of benzene rings is 2. The quantitative estimate of drug-likeness (QED) is 0.421. The van der Waals surface area contributed by atoms with Crippen LogP contribution in [0.4, 0.5) is 4.79 Å². The van der Waals surface area contributed by atoms with Crippen molar-refractivity contribution in [1.82, 2.24) is 10.6 Å². The van der Waals surface area contributed by atoms with Crippen molar-refractivity contribution in [2.24, 2.45) is 5.41 Å². The Labute approximate surface area is 179 Å². The van der Waals surface area contributed by atoms with Crippen molar-refractivity contribution in [1.29, 1.82) is 0 Å². The van der Waals surface area contributed by atoms with E-state index in [0.29, 0.717) is 12.8 Å². The van der Waals surface area contributed by atoms with E-state index in [4.69, 9.17) is 14.6 Å². The molecule has 0 unspecified atom stereocenters. The number of rotatable bonds is 9. The maximum absolute atomic E-state index is 12.1. The summed E-state index contributed by atoms with van der Waals surface area (Å²) in [5.41, 5.74) is 3.71. The number of carboxylic acids is 1. The van der Waals surface area contributed by atoms with Crippen LogP contribution in [-0.2, 0) is 19.1 Å². The second-order valence-electron chi connectivity index (χ2n) is 7.86. The molecular weight excluding hydrogens is 400 g/mol. The number of carboxylic acid groups (broad SMARTS) is 1. The molecule has 0 bridgehead atoms. The molecule has 2 amide bonds. The smallest absolute Gasteiger partial charge is 0.407 e. The van der Waals surface area contributed by atoms with E-state index in [9.17, 15) is 14.4 Å². The Bertz CT molecular complexity index is 956. The summed E-state index contributed by atoms with van der Waals surface area (Å²) in [5, 5.41) is 14.0. The van der Waals surface area contributed by atoms with Crippen LogP contribution in [0.1, 0.15) is 29.9 Å². The topological polar surface area (TPSA) is 114 Å². The molecule has 2 aromatic carbocycles. The van der Waals surface area contributed by atoms with Crippen molar-refractivity contribution in [3.05, 3.63) is 59.7 Å². The van der Waals surface area contributed by atoms with Gasteiger partial charge in [0.05, 0.1) is 12.0 Å². The third-order valence-electron chi connectivity index (χ3n) is 5.79. The molecular formula is C23H24N2O6. The van der Waals surface area contributed by atoms with Crippen LogP contribution in [0.5, 0.6) is 0 Å². The van der Waals surface area contributed by atoms with Crippen LogP contribution in [0.25, 0.3) is 11.1 Å². The second-order valence-corrected chi connectivity index (χ2v) is 7.86. The summed E-state index contributed by atoms with van der Waals surface area (Å²) in [4.78, 5) is 34.9. The lowest BCUT2D eigenvalue weighted by Crippen LogP contribution is -2.39. The van der Waals surface area contributed by atoms with Crippen LogP contribution < -0.4 is 10.6 Å². The van der Waals surface area contributed by atoms with Crippen LogP contribution in [-0.4, -0.2) is 49.6 Å². The molecule has 2 aliphatic rings. The largest absolute Gasteiger partial charge is 0.481 e. The Morgan fingerprint density at radius 2 is 1.58 bits per heavy atom. The van der Waals surface area contributed by atoms with E-state index in [-0.39, 0.29) is 32.4 Å². The summed E-state index contributed by atoms with van der Waals surface area (Å²) < 4.78 is 10.6. The predicted octanol–water partition coefficient (Wildman–Crippen LogP) is 2.48. The Morgan fingerprint density at radius 3 is 2.16 bits per heavy atom. The molecule has 3 N–H and O–H groups in total. The highest BCUT2D eigenvalue weighted by Gasteiger charge is 2.50. The molecule has 0 aliphatic heterocycles. The lowest BCUT2D eigenvalue weighted by atomic mass is 9.98. The van der Waals surface area contributed by atoms with Crippen molar-refractivity contribution < 1.29 is 29.0 Å². The summed E-state index contributed by atoms with van der Waals surface area (Å²) >= 11 is 0. The Hall–Kier alpha value is -3.39. The van der Waals surface area contributed by atoms with Crippen molar-refractivity contribution in [2.75, 3.05) is 26.5 Å². The van der Waals surface area contributed by atoms with Gasteiger partial charge in [-0.3, -0.25) is 9.59 Å². The van der Waals surface area contributed by atoms with Gasteiger partial charge in [-0.25, -0.2) is 4.79 Å². The van der Waals surface area contributed by atoms with E-state index in [1.165, 1.54) is 0 Å². The van der Waals surface area contributed by atoms with E-state index in [1.54, 1.807) is 0 Å². The van der Waals surface area contributed by atoms with Crippen LogP contribution >= 0.6 is 0 Å². The lowest BCUT2D eigenvalue weighted by Gasteiger charge is -2.14. The number of hydrogen-bond donors (Lipinski definition) is 3. The number of alkyl carbamates (subject to hydrolysis) is 1. The van der Waals surface area contributed by atoms with Crippen molar-refractivity contribution in [3.63, 3.8) is 0 Å². The zero-order valence-electron chi connectivity index (χ0n) is 16.9. The van der Waals surface area contributed by atoms with Crippen molar-refractivity contribution in [2.45, 2.75) is 18.8 Å². The predicted molar refractivity (Wildman–Crippen MR) is 111 cm³/mol. The normalized spacial score (nSPS) is 15.5. The fraction of sp³-hybridized carbons (Fsp3) is 0.348. The van der Waals surface area contributed by atoms with E-state index in [0.717, 1.165) is 22.3 Å². The van der Waals surface area contributed by atoms with Gasteiger partial charge in [0.15, 0.2) is 0 Å². The molecule has 0 radical (unpaired) electrons. The minimum absolute atomic E-state index is 0.0515. The zero-order valence-corrected chi connectivity index (χ0v) is 16.9. The van der Waals surface area contributed by atoms with E-state index >= 15 is 0 Å². The molecule has 2 aliphatic carbocycles. The maximum Gasteiger partial charge on any atom is 0.407 e. The highest BCUT2D eigenvalue weighted by molar-refractivity contribution is 5.82. The average molecular weight is 424 g/mol. The van der Waals surface area contributed by atoms with Crippen molar-refractivity contribution in [3.8, 4) is 11.1 Å². The van der Waals surface area contributed by atoms with Gasteiger partial charge in [-0.1, -0.05) is 48.5 Å². The van der Waals surface area contributed by atoms with Crippen LogP contribution in [0.2, 0.25) is 0 Å². The maximum atomic E-state index is 12.1. The molecule has 0 saturated heterocycles. The highest BCUT2D eigenvalue weighted by Crippen LogP contribution is 2.46. The molecule has 31 heavy (non-hydrogen) atoms. The van der Waals surface area contributed by atoms with Crippen molar-refractivity contribution >= 4 is 18.0 Å². The van der Waals surface area contributed by atoms with Gasteiger partial charge >= 0.3 is 12.1 Å². The van der Waals surface area contributed by atoms with Gasteiger partial charge in [0.25, 0.3) is 0 Å². The Kier molecular flexibility index (Phi) is 5.90. The van der Waals surface area contributed by atoms with Gasteiger partial charge in [-0.15, -0.1) is 0 Å². The first-order chi connectivity index (χ1) is 15.0. The van der Waals surface area contributed by atoms with Gasteiger partial charge in [0.2, 0.25) is 5.91 Å². The standard InChI is InChI=1S/C23H24N2O6/c26-20(25-14-30-13-23(9-10-23)21(27)28)11-24-22(29)31-12-19-17-7-3-1-5-15(17)16-6-2-4-8-18(16)19/h1-8,19H,9-14H2,(H,24,29)(H,25,26)(H,27,28). The fourth-order valence-corrected chi connectivity index (χ4v) is 3.81.